The molecule has 3 atom stereocenters. The molecule has 0 saturated carbocycles. The highest BCUT2D eigenvalue weighted by molar-refractivity contribution is 5.84. The first-order valence-corrected chi connectivity index (χ1v) is 10.6. The van der Waals surface area contributed by atoms with E-state index in [-0.39, 0.29) is 24.8 Å². The molecule has 0 aromatic carbocycles. The van der Waals surface area contributed by atoms with E-state index in [1.165, 1.54) is 12.0 Å². The van der Waals surface area contributed by atoms with Gasteiger partial charge in [0.2, 0.25) is 0 Å². The van der Waals surface area contributed by atoms with E-state index in [1.807, 2.05) is 6.92 Å². The summed E-state index contributed by atoms with van der Waals surface area (Å²) in [6.07, 6.45) is 1.18. The summed E-state index contributed by atoms with van der Waals surface area (Å²) >= 11 is 0. The van der Waals surface area contributed by atoms with Crippen LogP contribution >= 0.6 is 0 Å². The molecule has 7 nitrogen and oxygen atoms in total. The minimum Gasteiger partial charge on any atom is -0.469 e. The fourth-order valence-corrected chi connectivity index (χ4v) is 3.76. The molecule has 29 heavy (non-hydrogen) atoms. The van der Waals surface area contributed by atoms with E-state index in [0.717, 1.165) is 6.42 Å². The number of nitrogens with zero attached hydrogens (tertiary/aromatic N) is 1. The Balaban J connectivity index is 2.90. The Bertz CT molecular complexity index is 554. The van der Waals surface area contributed by atoms with Crippen molar-refractivity contribution in [2.45, 2.75) is 66.4 Å². The van der Waals surface area contributed by atoms with E-state index < -0.39 is 29.5 Å². The van der Waals surface area contributed by atoms with Gasteiger partial charge in [-0.3, -0.25) is 9.59 Å². The lowest BCUT2D eigenvalue weighted by Crippen LogP contribution is -2.50. The van der Waals surface area contributed by atoms with Crippen LogP contribution in [0, 0.1) is 23.7 Å². The molecule has 0 aromatic rings. The molecule has 1 aliphatic heterocycles. The molecule has 1 rings (SSSR count). The summed E-state index contributed by atoms with van der Waals surface area (Å²) in [7, 11) is 1.33. The lowest BCUT2D eigenvalue weighted by molar-refractivity contribution is -0.148. The SMILES string of the molecule is CCOC[C@H](CC(=O)[C@H]1C[C@@H](C(=O)OC)CN(C(=O)OC(C)(C)C)C1)CC(C)C. The standard InChI is InChI=1S/C22H39NO6/c1-8-28-14-16(9-15(2)3)10-19(24)17-11-18(20(25)27-7)13-23(12-17)21(26)29-22(4,5)6/h15-18H,8-14H2,1-7H3/t16-,17-,18+/m0/s1. The number of esters is 1. The lowest BCUT2D eigenvalue weighted by atomic mass is 9.82. The minimum atomic E-state index is -0.644. The number of carbonyl (C=O) groups is 3. The molecule has 0 unspecified atom stereocenters. The van der Waals surface area contributed by atoms with Crippen molar-refractivity contribution in [2.75, 3.05) is 33.4 Å². The zero-order valence-electron chi connectivity index (χ0n) is 19.2. The van der Waals surface area contributed by atoms with Gasteiger partial charge in [-0.2, -0.15) is 0 Å². The maximum Gasteiger partial charge on any atom is 0.410 e. The Kier molecular flexibility index (Phi) is 10.1. The Morgan fingerprint density at radius 2 is 1.72 bits per heavy atom. The monoisotopic (exact) mass is 413 g/mol. The van der Waals surface area contributed by atoms with E-state index in [2.05, 4.69) is 13.8 Å². The Morgan fingerprint density at radius 3 is 2.24 bits per heavy atom. The second-order valence-corrected chi connectivity index (χ2v) is 9.36. The number of piperidine rings is 1. The number of hydrogen-bond acceptors (Lipinski definition) is 6. The molecule has 7 heteroatoms. The van der Waals surface area contributed by atoms with Gasteiger partial charge in [-0.15, -0.1) is 0 Å². The zero-order chi connectivity index (χ0) is 22.2. The highest BCUT2D eigenvalue weighted by Crippen LogP contribution is 2.28. The van der Waals surface area contributed by atoms with Crippen LogP contribution in [-0.2, 0) is 23.8 Å². The number of methoxy groups -OCH3 is 1. The van der Waals surface area contributed by atoms with Gasteiger partial charge in [-0.05, 0) is 52.4 Å². The molecule has 0 radical (unpaired) electrons. The molecule has 0 aromatic heterocycles. The van der Waals surface area contributed by atoms with E-state index in [4.69, 9.17) is 14.2 Å². The third-order valence-corrected chi connectivity index (χ3v) is 4.94. The van der Waals surface area contributed by atoms with E-state index >= 15 is 0 Å². The van der Waals surface area contributed by atoms with Crippen LogP contribution in [0.3, 0.4) is 0 Å². The Labute approximate surface area is 175 Å². The number of rotatable bonds is 9. The van der Waals surface area contributed by atoms with Crippen LogP contribution < -0.4 is 0 Å². The molecule has 1 saturated heterocycles. The highest BCUT2D eigenvalue weighted by Gasteiger charge is 2.39. The lowest BCUT2D eigenvalue weighted by Gasteiger charge is -2.37. The van der Waals surface area contributed by atoms with Gasteiger partial charge in [0, 0.05) is 38.6 Å². The molecule has 0 aliphatic carbocycles. The number of likely N-dealkylation sites (tertiary alicyclic amines) is 1. The van der Waals surface area contributed by atoms with Crippen molar-refractivity contribution in [3.63, 3.8) is 0 Å². The second kappa shape index (κ2) is 11.5. The predicted octanol–water partition coefficient (Wildman–Crippen LogP) is 3.69. The van der Waals surface area contributed by atoms with Crippen LogP contribution in [0.1, 0.15) is 60.8 Å². The van der Waals surface area contributed by atoms with Crippen LogP contribution in [0.4, 0.5) is 4.79 Å². The number of Topliss-reactive ketones (excluding diaryl/α,β-unsaturated/α-hetero) is 1. The van der Waals surface area contributed by atoms with Gasteiger partial charge in [-0.25, -0.2) is 4.79 Å². The van der Waals surface area contributed by atoms with Crippen LogP contribution in [0.15, 0.2) is 0 Å². The molecule has 0 N–H and O–H groups in total. The van der Waals surface area contributed by atoms with Crippen molar-refractivity contribution in [1.29, 1.82) is 0 Å². The maximum absolute atomic E-state index is 13.1. The third-order valence-electron chi connectivity index (χ3n) is 4.94. The predicted molar refractivity (Wildman–Crippen MR) is 110 cm³/mol. The van der Waals surface area contributed by atoms with E-state index in [0.29, 0.717) is 32.0 Å². The molecule has 168 valence electrons. The fourth-order valence-electron chi connectivity index (χ4n) is 3.76. The number of ether oxygens (including phenoxy) is 3. The smallest absolute Gasteiger partial charge is 0.410 e. The summed E-state index contributed by atoms with van der Waals surface area (Å²) in [5, 5.41) is 0. The zero-order valence-corrected chi connectivity index (χ0v) is 19.2. The van der Waals surface area contributed by atoms with Gasteiger partial charge < -0.3 is 19.1 Å². The van der Waals surface area contributed by atoms with Crippen LogP contribution in [-0.4, -0.2) is 61.8 Å². The van der Waals surface area contributed by atoms with E-state index in [9.17, 15) is 14.4 Å². The number of amides is 1. The van der Waals surface area contributed by atoms with Crippen LogP contribution in [0.2, 0.25) is 0 Å². The highest BCUT2D eigenvalue weighted by atomic mass is 16.6. The molecule has 0 spiro atoms. The fraction of sp³-hybridized carbons (Fsp3) is 0.864. The van der Waals surface area contributed by atoms with Crippen LogP contribution in [0.25, 0.3) is 0 Å². The summed E-state index contributed by atoms with van der Waals surface area (Å²) in [4.78, 5) is 39.3. The first-order chi connectivity index (χ1) is 13.5. The molecule has 1 heterocycles. The largest absolute Gasteiger partial charge is 0.469 e. The van der Waals surface area contributed by atoms with Gasteiger partial charge >= 0.3 is 12.1 Å². The van der Waals surface area contributed by atoms with Crippen molar-refractivity contribution >= 4 is 17.8 Å². The van der Waals surface area contributed by atoms with Crippen molar-refractivity contribution in [3.05, 3.63) is 0 Å². The van der Waals surface area contributed by atoms with Crippen molar-refractivity contribution in [2.24, 2.45) is 23.7 Å². The van der Waals surface area contributed by atoms with Gasteiger partial charge in [-0.1, -0.05) is 13.8 Å². The van der Waals surface area contributed by atoms with Crippen molar-refractivity contribution in [1.82, 2.24) is 4.90 Å². The van der Waals surface area contributed by atoms with Gasteiger partial charge in [0.1, 0.15) is 11.4 Å². The quantitative estimate of drug-likeness (QED) is 0.536. The summed E-state index contributed by atoms with van der Waals surface area (Å²) in [5.41, 5.74) is -0.644. The normalized spacial score (nSPS) is 21.0. The number of hydrogen-bond donors (Lipinski definition) is 0. The molecule has 1 aliphatic rings. The van der Waals surface area contributed by atoms with Crippen LogP contribution in [0.5, 0.6) is 0 Å². The maximum atomic E-state index is 13.1. The minimum absolute atomic E-state index is 0.0671. The molecule has 1 amide bonds. The first-order valence-electron chi connectivity index (χ1n) is 10.6. The summed E-state index contributed by atoms with van der Waals surface area (Å²) in [6, 6.07) is 0. The average Bonchev–Trinajstić information content (AvgIpc) is 2.63. The van der Waals surface area contributed by atoms with Crippen molar-refractivity contribution < 1.29 is 28.6 Å². The van der Waals surface area contributed by atoms with Gasteiger partial charge in [0.25, 0.3) is 0 Å². The summed E-state index contributed by atoms with van der Waals surface area (Å²) in [6.45, 7) is 13.2. The molecule has 1 fully saturated rings. The third kappa shape index (κ3) is 9.15. The summed E-state index contributed by atoms with van der Waals surface area (Å²) < 4.78 is 15.9. The summed E-state index contributed by atoms with van der Waals surface area (Å²) in [5.74, 6) is -0.666. The topological polar surface area (TPSA) is 82.1 Å². The van der Waals surface area contributed by atoms with Crippen molar-refractivity contribution in [3.8, 4) is 0 Å². The Morgan fingerprint density at radius 1 is 1.10 bits per heavy atom. The molecule has 0 bridgehead atoms. The molecular formula is C22H39NO6. The van der Waals surface area contributed by atoms with Gasteiger partial charge in [0.05, 0.1) is 13.0 Å². The average molecular weight is 414 g/mol. The van der Waals surface area contributed by atoms with E-state index in [1.54, 1.807) is 20.8 Å². The second-order valence-electron chi connectivity index (χ2n) is 9.36. The Hall–Kier alpha value is -1.63. The van der Waals surface area contributed by atoms with Gasteiger partial charge in [0.15, 0.2) is 0 Å². The molecular weight excluding hydrogens is 374 g/mol. The first kappa shape index (κ1) is 25.4. The number of carbonyl (C=O) groups excluding carboxylic acids is 3. The number of ketones is 1.